The molecule has 0 atom stereocenters. The first-order chi connectivity index (χ1) is 34.7. The molecule has 0 radical (unpaired) electrons. The van der Waals surface area contributed by atoms with Gasteiger partial charge in [-0.2, -0.15) is 0 Å². The lowest BCUT2D eigenvalue weighted by Crippen LogP contribution is -2.28. The molecule has 3 aliphatic rings. The lowest BCUT2D eigenvalue weighted by molar-refractivity contribution is 0.669. The quantitative estimate of drug-likeness (QED) is 0.165. The molecule has 0 saturated carbocycles. The molecule has 2 heteroatoms. The first-order valence-corrected chi connectivity index (χ1v) is 24.3. The van der Waals surface area contributed by atoms with Gasteiger partial charge in [-0.25, -0.2) is 0 Å². The van der Waals surface area contributed by atoms with Crippen LogP contribution in [0.4, 0.5) is 17.1 Å². The minimum Gasteiger partial charge on any atom is -0.456 e. The number of fused-ring (bicyclic) bond motifs is 16. The van der Waals surface area contributed by atoms with E-state index in [4.69, 9.17) is 4.42 Å². The minimum absolute atomic E-state index is 0.403. The monoisotopic (exact) mass is 889 g/mol. The molecule has 1 heterocycles. The predicted molar refractivity (Wildman–Crippen MR) is 287 cm³/mol. The van der Waals surface area contributed by atoms with Crippen LogP contribution in [0.5, 0.6) is 0 Å². The molecule has 3 aliphatic carbocycles. The van der Waals surface area contributed by atoms with Crippen molar-refractivity contribution in [1.82, 2.24) is 0 Å². The fourth-order valence-corrected chi connectivity index (χ4v) is 13.0. The highest BCUT2D eigenvalue weighted by atomic mass is 16.3. The maximum atomic E-state index is 6.57. The van der Waals surface area contributed by atoms with Crippen molar-refractivity contribution in [2.75, 3.05) is 4.90 Å². The number of rotatable bonds is 6. The van der Waals surface area contributed by atoms with Gasteiger partial charge in [-0.15, -0.1) is 0 Å². The van der Waals surface area contributed by atoms with Crippen molar-refractivity contribution < 1.29 is 4.42 Å². The summed E-state index contributed by atoms with van der Waals surface area (Å²) in [7, 11) is 0. The summed E-state index contributed by atoms with van der Waals surface area (Å²) >= 11 is 0. The molecule has 0 bridgehead atoms. The van der Waals surface area contributed by atoms with Gasteiger partial charge in [0.1, 0.15) is 11.2 Å². The summed E-state index contributed by atoms with van der Waals surface area (Å²) in [6, 6.07) is 96.6. The van der Waals surface area contributed by atoms with Gasteiger partial charge in [0.15, 0.2) is 0 Å². The minimum atomic E-state index is -0.542. The van der Waals surface area contributed by atoms with Crippen LogP contribution < -0.4 is 4.90 Å². The average molecular weight is 890 g/mol. The first kappa shape index (κ1) is 39.1. The fourth-order valence-electron chi connectivity index (χ4n) is 13.0. The summed E-state index contributed by atoms with van der Waals surface area (Å²) in [5.41, 5.74) is 24.5. The zero-order valence-electron chi connectivity index (χ0n) is 38.2. The predicted octanol–water partition coefficient (Wildman–Crippen LogP) is 17.4. The molecule has 2 nitrogen and oxygen atoms in total. The standard InChI is InChI=1S/C68H43NO/c1-3-18-46(19-4-1)67(47-20-5-2-6-21-47)57-27-12-7-24-52(57)55-41-39-49(43-62(55)67)69(63-31-17-33-65-66(63)56-26-11-16-32-64(56)70-65)48-37-34-44(35-38-48)45-36-40-54-53-25-10-15-30-60(53)68(61(54)42-45)58-28-13-8-22-50(58)51-23-9-14-29-59(51)68/h1-43H. The maximum absolute atomic E-state index is 6.57. The smallest absolute Gasteiger partial charge is 0.137 e. The second-order valence-corrected chi connectivity index (χ2v) is 19.0. The number of nitrogens with zero attached hydrogens (tertiary/aromatic N) is 1. The van der Waals surface area contributed by atoms with E-state index < -0.39 is 10.8 Å². The second kappa shape index (κ2) is 14.8. The van der Waals surface area contributed by atoms with E-state index in [-0.39, 0.29) is 0 Å². The van der Waals surface area contributed by atoms with Gasteiger partial charge in [0, 0.05) is 16.8 Å². The van der Waals surface area contributed by atoms with Crippen molar-refractivity contribution in [3.63, 3.8) is 0 Å². The molecule has 326 valence electrons. The van der Waals surface area contributed by atoms with Crippen LogP contribution >= 0.6 is 0 Å². The normalized spacial score (nSPS) is 13.9. The Hall–Kier alpha value is -8.98. The summed E-state index contributed by atoms with van der Waals surface area (Å²) in [6.45, 7) is 0. The third-order valence-electron chi connectivity index (χ3n) is 15.8. The number of anilines is 3. The fraction of sp³-hybridized carbons (Fsp3) is 0.0294. The van der Waals surface area contributed by atoms with Crippen molar-refractivity contribution in [2.45, 2.75) is 10.8 Å². The number of para-hydroxylation sites is 1. The van der Waals surface area contributed by atoms with Crippen LogP contribution in [0, 0.1) is 0 Å². The molecule has 0 unspecified atom stereocenters. The van der Waals surface area contributed by atoms with Gasteiger partial charge in [-0.05, 0) is 138 Å². The van der Waals surface area contributed by atoms with E-state index in [1.54, 1.807) is 0 Å². The van der Waals surface area contributed by atoms with Crippen molar-refractivity contribution >= 4 is 39.0 Å². The molecule has 0 N–H and O–H groups in total. The van der Waals surface area contributed by atoms with Crippen LogP contribution in [0.15, 0.2) is 265 Å². The van der Waals surface area contributed by atoms with Crippen LogP contribution in [-0.2, 0) is 10.8 Å². The highest BCUT2D eigenvalue weighted by Gasteiger charge is 2.52. The van der Waals surface area contributed by atoms with Gasteiger partial charge in [-0.1, -0.05) is 212 Å². The summed E-state index contributed by atoms with van der Waals surface area (Å²) in [5, 5.41) is 2.18. The maximum Gasteiger partial charge on any atom is 0.137 e. The Kier molecular flexibility index (Phi) is 8.24. The Morgan fingerprint density at radius 2 is 0.729 bits per heavy atom. The van der Waals surface area contributed by atoms with Crippen LogP contribution in [0.2, 0.25) is 0 Å². The van der Waals surface area contributed by atoms with Crippen LogP contribution in [0.25, 0.3) is 66.4 Å². The molecule has 11 aromatic carbocycles. The SMILES string of the molecule is c1ccc(C2(c3ccccc3)c3ccccc3-c3ccc(N(c4ccc(-c5ccc6c(c5)C5(c7ccccc7-c7ccccc75)c5ccccc5-6)cc4)c4cccc5oc6ccccc6c45)cc32)cc1. The van der Waals surface area contributed by atoms with E-state index in [0.29, 0.717) is 0 Å². The van der Waals surface area contributed by atoms with Gasteiger partial charge in [0.2, 0.25) is 0 Å². The van der Waals surface area contributed by atoms with Crippen LogP contribution in [-0.4, -0.2) is 0 Å². The average Bonchev–Trinajstić information content (AvgIpc) is 4.15. The van der Waals surface area contributed by atoms with Gasteiger partial charge in [0.25, 0.3) is 0 Å². The van der Waals surface area contributed by atoms with Crippen molar-refractivity contribution in [2.24, 2.45) is 0 Å². The van der Waals surface area contributed by atoms with Gasteiger partial charge < -0.3 is 9.32 Å². The Morgan fingerprint density at radius 1 is 0.286 bits per heavy atom. The van der Waals surface area contributed by atoms with E-state index in [1.807, 2.05) is 0 Å². The Labute approximate surface area is 407 Å². The molecule has 12 aromatic rings. The van der Waals surface area contributed by atoms with Gasteiger partial charge >= 0.3 is 0 Å². The molecule has 1 spiro atoms. The highest BCUT2D eigenvalue weighted by Crippen LogP contribution is 2.63. The third-order valence-corrected chi connectivity index (χ3v) is 15.8. The topological polar surface area (TPSA) is 16.4 Å². The molecular formula is C68H43NO. The number of hydrogen-bond donors (Lipinski definition) is 0. The summed E-state index contributed by atoms with van der Waals surface area (Å²) in [5.74, 6) is 0. The van der Waals surface area contributed by atoms with E-state index in [2.05, 4.69) is 266 Å². The molecule has 0 aliphatic heterocycles. The lowest BCUT2D eigenvalue weighted by atomic mass is 9.67. The molecule has 0 saturated heterocycles. The molecule has 70 heavy (non-hydrogen) atoms. The van der Waals surface area contributed by atoms with Crippen molar-refractivity contribution in [1.29, 1.82) is 0 Å². The lowest BCUT2D eigenvalue weighted by Gasteiger charge is -2.35. The summed E-state index contributed by atoms with van der Waals surface area (Å²) in [4.78, 5) is 2.44. The van der Waals surface area contributed by atoms with Crippen molar-refractivity contribution in [3.05, 3.63) is 305 Å². The Balaban J connectivity index is 0.931. The number of benzene rings is 11. The molecule has 1 aromatic heterocycles. The van der Waals surface area contributed by atoms with Gasteiger partial charge in [-0.3, -0.25) is 0 Å². The molecule has 15 rings (SSSR count). The highest BCUT2D eigenvalue weighted by molar-refractivity contribution is 6.13. The Bertz CT molecular complexity index is 3970. The van der Waals surface area contributed by atoms with Crippen molar-refractivity contribution in [3.8, 4) is 44.5 Å². The van der Waals surface area contributed by atoms with Crippen LogP contribution in [0.1, 0.15) is 44.5 Å². The largest absolute Gasteiger partial charge is 0.456 e. The summed E-state index contributed by atoms with van der Waals surface area (Å²) < 4.78 is 6.57. The van der Waals surface area contributed by atoms with Crippen LogP contribution in [0.3, 0.4) is 0 Å². The molecule has 0 fully saturated rings. The molecule has 0 amide bonds. The third kappa shape index (κ3) is 5.17. The number of furan rings is 1. The molecular weight excluding hydrogens is 847 g/mol. The van der Waals surface area contributed by atoms with E-state index in [1.165, 1.54) is 89.0 Å². The zero-order valence-corrected chi connectivity index (χ0v) is 38.2. The second-order valence-electron chi connectivity index (χ2n) is 19.0. The van der Waals surface area contributed by atoms with E-state index in [9.17, 15) is 0 Å². The van der Waals surface area contributed by atoms with Gasteiger partial charge in [0.05, 0.1) is 21.9 Å². The zero-order chi connectivity index (χ0) is 46.0. The number of hydrogen-bond acceptors (Lipinski definition) is 2. The Morgan fingerprint density at radius 3 is 1.33 bits per heavy atom. The first-order valence-electron chi connectivity index (χ1n) is 24.3. The van der Waals surface area contributed by atoms with E-state index in [0.717, 1.165) is 39.0 Å². The summed E-state index contributed by atoms with van der Waals surface area (Å²) in [6.07, 6.45) is 0. The van der Waals surface area contributed by atoms with E-state index >= 15 is 0 Å².